The highest BCUT2D eigenvalue weighted by molar-refractivity contribution is 7.14. The van der Waals surface area contributed by atoms with E-state index in [2.05, 4.69) is 33.4 Å². The summed E-state index contributed by atoms with van der Waals surface area (Å²) in [6.45, 7) is 1.96. The number of fused-ring (bicyclic) bond motifs is 1. The summed E-state index contributed by atoms with van der Waals surface area (Å²) < 4.78 is 0. The third-order valence-electron chi connectivity index (χ3n) is 4.97. The number of aromatic nitrogens is 3. The van der Waals surface area contributed by atoms with E-state index in [4.69, 9.17) is 0 Å². The van der Waals surface area contributed by atoms with Gasteiger partial charge in [-0.25, -0.2) is 0 Å². The van der Waals surface area contributed by atoms with Crippen LogP contribution in [0.25, 0.3) is 21.3 Å². The maximum Gasteiger partial charge on any atom is 0.147 e. The molecule has 0 aliphatic heterocycles. The second-order valence-electron chi connectivity index (χ2n) is 6.84. The summed E-state index contributed by atoms with van der Waals surface area (Å²) in [5, 5.41) is 12.4. The normalized spacial score (nSPS) is 15.6. The molecule has 0 spiro atoms. The quantitative estimate of drug-likeness (QED) is 0.680. The van der Waals surface area contributed by atoms with Gasteiger partial charge in [0.25, 0.3) is 0 Å². The van der Waals surface area contributed by atoms with E-state index in [0.29, 0.717) is 12.2 Å². The highest BCUT2D eigenvalue weighted by atomic mass is 32.1. The number of pyridine rings is 1. The van der Waals surface area contributed by atoms with E-state index < -0.39 is 0 Å². The van der Waals surface area contributed by atoms with Crippen molar-refractivity contribution in [2.24, 2.45) is 5.92 Å². The van der Waals surface area contributed by atoms with Crippen LogP contribution >= 0.6 is 11.3 Å². The molecular formula is C20H21N3OS. The third-order valence-corrected chi connectivity index (χ3v) is 5.85. The fraction of sp³-hybridized carbons (Fsp3) is 0.400. The van der Waals surface area contributed by atoms with Crippen LogP contribution in [0, 0.1) is 12.8 Å². The molecule has 25 heavy (non-hydrogen) atoms. The molecule has 1 aromatic carbocycles. The van der Waals surface area contributed by atoms with Gasteiger partial charge in [0.05, 0.1) is 0 Å². The monoisotopic (exact) mass is 351 g/mol. The van der Waals surface area contributed by atoms with Crippen molar-refractivity contribution in [2.45, 2.75) is 45.4 Å². The molecule has 5 heteroatoms. The van der Waals surface area contributed by atoms with Crippen LogP contribution in [0.1, 0.15) is 42.8 Å². The topological polar surface area (TPSA) is 55.7 Å². The van der Waals surface area contributed by atoms with Crippen LogP contribution < -0.4 is 0 Å². The number of aryl methyl sites for hydroxylation is 1. The van der Waals surface area contributed by atoms with Gasteiger partial charge >= 0.3 is 0 Å². The highest BCUT2D eigenvalue weighted by Crippen LogP contribution is 2.28. The Bertz CT molecular complexity index is 912. The van der Waals surface area contributed by atoms with Gasteiger partial charge in [0.2, 0.25) is 0 Å². The molecule has 3 aromatic rings. The van der Waals surface area contributed by atoms with Crippen molar-refractivity contribution >= 4 is 27.9 Å². The molecule has 0 unspecified atom stereocenters. The molecule has 0 saturated heterocycles. The first-order valence-corrected chi connectivity index (χ1v) is 9.72. The van der Waals surface area contributed by atoms with Crippen molar-refractivity contribution in [3.05, 3.63) is 41.2 Å². The van der Waals surface area contributed by atoms with Crippen molar-refractivity contribution in [3.63, 3.8) is 0 Å². The van der Waals surface area contributed by atoms with Crippen LogP contribution in [0.2, 0.25) is 0 Å². The first-order valence-electron chi connectivity index (χ1n) is 8.91. The predicted molar refractivity (Wildman–Crippen MR) is 101 cm³/mol. The molecule has 1 aliphatic rings. The maximum absolute atomic E-state index is 12.5. The van der Waals surface area contributed by atoms with Crippen LogP contribution in [-0.4, -0.2) is 21.0 Å². The molecule has 4 rings (SSSR count). The number of benzene rings is 1. The van der Waals surface area contributed by atoms with Crippen molar-refractivity contribution < 1.29 is 4.79 Å². The summed E-state index contributed by atoms with van der Waals surface area (Å²) in [6, 6.07) is 8.27. The number of Topliss-reactive ketones (excluding diaryl/α,β-unsaturated/α-hetero) is 1. The van der Waals surface area contributed by atoms with Crippen LogP contribution in [0.5, 0.6) is 0 Å². The largest absolute Gasteiger partial charge is 0.299 e. The van der Waals surface area contributed by atoms with Crippen molar-refractivity contribution in [1.82, 2.24) is 15.2 Å². The van der Waals surface area contributed by atoms with Gasteiger partial charge in [-0.05, 0) is 37.3 Å². The lowest BCUT2D eigenvalue weighted by atomic mass is 9.85. The number of carbonyl (C=O) groups is 1. The molecule has 0 atom stereocenters. The Morgan fingerprint density at radius 1 is 1.12 bits per heavy atom. The maximum atomic E-state index is 12.5. The Morgan fingerprint density at radius 3 is 2.72 bits per heavy atom. The molecule has 1 fully saturated rings. The van der Waals surface area contributed by atoms with Gasteiger partial charge < -0.3 is 0 Å². The Balaban J connectivity index is 1.59. The number of hydrogen-bond donors (Lipinski definition) is 0. The minimum absolute atomic E-state index is 0.238. The molecule has 0 bridgehead atoms. The van der Waals surface area contributed by atoms with Gasteiger partial charge in [-0.1, -0.05) is 42.7 Å². The summed E-state index contributed by atoms with van der Waals surface area (Å²) in [5.41, 5.74) is 1.93. The van der Waals surface area contributed by atoms with Gasteiger partial charge in [0.1, 0.15) is 15.8 Å². The van der Waals surface area contributed by atoms with Gasteiger partial charge in [0.15, 0.2) is 0 Å². The fourth-order valence-electron chi connectivity index (χ4n) is 3.58. The standard InChI is InChI=1S/C20H21N3OS/c1-13-22-23-20(25-13)15-7-8-16-12-21-18(10-17(16)9-15)11-19(24)14-5-3-2-4-6-14/h7-10,12,14H,2-6,11H2,1H3. The minimum Gasteiger partial charge on any atom is -0.299 e. The molecule has 1 saturated carbocycles. The molecule has 1 aliphatic carbocycles. The Morgan fingerprint density at radius 2 is 1.96 bits per heavy atom. The van der Waals surface area contributed by atoms with Crippen molar-refractivity contribution in [2.75, 3.05) is 0 Å². The van der Waals surface area contributed by atoms with E-state index in [9.17, 15) is 4.79 Å². The second kappa shape index (κ2) is 7.00. The fourth-order valence-corrected chi connectivity index (χ4v) is 4.26. The summed E-state index contributed by atoms with van der Waals surface area (Å²) in [4.78, 5) is 17.0. The summed E-state index contributed by atoms with van der Waals surface area (Å²) >= 11 is 1.59. The Hall–Kier alpha value is -2.14. The zero-order chi connectivity index (χ0) is 17.2. The smallest absolute Gasteiger partial charge is 0.147 e. The van der Waals surface area contributed by atoms with Crippen molar-refractivity contribution in [1.29, 1.82) is 0 Å². The Labute approximate surface area is 151 Å². The van der Waals surface area contributed by atoms with Gasteiger partial charge in [-0.2, -0.15) is 0 Å². The lowest BCUT2D eigenvalue weighted by molar-refractivity contribution is -0.123. The number of carbonyl (C=O) groups excluding carboxylic acids is 1. The van der Waals surface area contributed by atoms with Crippen molar-refractivity contribution in [3.8, 4) is 10.6 Å². The SMILES string of the molecule is Cc1nnc(-c2ccc3cnc(CC(=O)C4CCCCC4)cc3c2)s1. The first-order chi connectivity index (χ1) is 12.2. The minimum atomic E-state index is 0.238. The van der Waals surface area contributed by atoms with E-state index in [0.717, 1.165) is 44.9 Å². The predicted octanol–water partition coefficient (Wildman–Crippen LogP) is 4.75. The van der Waals surface area contributed by atoms with E-state index >= 15 is 0 Å². The van der Waals surface area contributed by atoms with Gasteiger partial charge in [-0.3, -0.25) is 9.78 Å². The van der Waals surface area contributed by atoms with Gasteiger partial charge in [-0.15, -0.1) is 10.2 Å². The zero-order valence-electron chi connectivity index (χ0n) is 14.4. The molecular weight excluding hydrogens is 330 g/mol. The zero-order valence-corrected chi connectivity index (χ0v) is 15.2. The second-order valence-corrected chi connectivity index (χ2v) is 8.02. The third kappa shape index (κ3) is 3.61. The highest BCUT2D eigenvalue weighted by Gasteiger charge is 2.21. The Kier molecular flexibility index (Phi) is 4.57. The molecule has 0 N–H and O–H groups in total. The van der Waals surface area contributed by atoms with Crippen LogP contribution in [-0.2, 0) is 11.2 Å². The average molecular weight is 351 g/mol. The number of hydrogen-bond acceptors (Lipinski definition) is 5. The molecule has 2 heterocycles. The molecule has 4 nitrogen and oxygen atoms in total. The van der Waals surface area contributed by atoms with Crippen LogP contribution in [0.4, 0.5) is 0 Å². The van der Waals surface area contributed by atoms with E-state index in [1.54, 1.807) is 11.3 Å². The average Bonchev–Trinajstić information content (AvgIpc) is 3.08. The molecule has 2 aromatic heterocycles. The van der Waals surface area contributed by atoms with Crippen LogP contribution in [0.15, 0.2) is 30.5 Å². The lowest BCUT2D eigenvalue weighted by Gasteiger charge is -2.20. The van der Waals surface area contributed by atoms with E-state index in [-0.39, 0.29) is 5.92 Å². The number of nitrogens with zero attached hydrogens (tertiary/aromatic N) is 3. The summed E-state index contributed by atoms with van der Waals surface area (Å²) in [5.74, 6) is 0.587. The summed E-state index contributed by atoms with van der Waals surface area (Å²) in [6.07, 6.45) is 8.06. The summed E-state index contributed by atoms with van der Waals surface area (Å²) in [7, 11) is 0. The number of ketones is 1. The molecule has 128 valence electrons. The lowest BCUT2D eigenvalue weighted by Crippen LogP contribution is -2.19. The number of rotatable bonds is 4. The molecule has 0 radical (unpaired) electrons. The molecule has 0 amide bonds. The first kappa shape index (κ1) is 16.3. The van der Waals surface area contributed by atoms with E-state index in [1.807, 2.05) is 19.2 Å². The van der Waals surface area contributed by atoms with E-state index in [1.165, 1.54) is 19.3 Å². The van der Waals surface area contributed by atoms with Crippen LogP contribution in [0.3, 0.4) is 0 Å². The van der Waals surface area contributed by atoms with Gasteiger partial charge in [0, 0.05) is 35.2 Å².